The molecule has 0 fully saturated rings. The maximum absolute atomic E-state index is 12.9. The number of hydrogen-bond donors (Lipinski definition) is 0. The van der Waals surface area contributed by atoms with Crippen LogP contribution < -0.4 is 0 Å². The summed E-state index contributed by atoms with van der Waals surface area (Å²) in [5, 5.41) is 0. The van der Waals surface area contributed by atoms with Gasteiger partial charge in [-0.05, 0) is 23.3 Å². The van der Waals surface area contributed by atoms with E-state index in [0.29, 0.717) is 0 Å². The van der Waals surface area contributed by atoms with Gasteiger partial charge in [-0.3, -0.25) is 0 Å². The highest BCUT2D eigenvalue weighted by Crippen LogP contribution is 2.34. The molecule has 0 N–H and O–H groups in total. The first-order valence-corrected chi connectivity index (χ1v) is 4.58. The van der Waals surface area contributed by atoms with E-state index in [1.54, 1.807) is 0 Å². The second-order valence-electron chi connectivity index (χ2n) is 3.46. The molecule has 2 aromatic rings. The first kappa shape index (κ1) is 7.68. The Bertz CT molecular complexity index is 505. The molecule has 1 aliphatic rings. The third-order valence-electron chi connectivity index (χ3n) is 2.61. The van der Waals surface area contributed by atoms with Gasteiger partial charge in [-0.15, -0.1) is 0 Å². The topological polar surface area (TPSA) is 12.9 Å². The molecule has 1 nitrogen and oxygen atoms in total. The van der Waals surface area contributed by atoms with Gasteiger partial charge in [0, 0.05) is 12.0 Å². The standard InChI is InChI=1S/C12H8FN/c13-12-6-5-10-9-4-2-1-3-8(9)7-11(10)14-12/h1-6H,7H2. The fraction of sp³-hybridized carbons (Fsp3) is 0.0833. The number of rotatable bonds is 0. The van der Waals surface area contributed by atoms with E-state index in [9.17, 15) is 4.39 Å². The summed E-state index contributed by atoms with van der Waals surface area (Å²) in [5.41, 5.74) is 4.35. The van der Waals surface area contributed by atoms with Crippen molar-refractivity contribution in [2.24, 2.45) is 0 Å². The molecule has 68 valence electrons. The van der Waals surface area contributed by atoms with Crippen LogP contribution >= 0.6 is 0 Å². The lowest BCUT2D eigenvalue weighted by Crippen LogP contribution is -1.89. The van der Waals surface area contributed by atoms with Crippen molar-refractivity contribution in [1.29, 1.82) is 0 Å². The van der Waals surface area contributed by atoms with Gasteiger partial charge < -0.3 is 0 Å². The van der Waals surface area contributed by atoms with Crippen molar-refractivity contribution in [2.75, 3.05) is 0 Å². The summed E-state index contributed by atoms with van der Waals surface area (Å²) in [5.74, 6) is -0.392. The molecule has 0 bridgehead atoms. The van der Waals surface area contributed by atoms with Crippen molar-refractivity contribution in [2.45, 2.75) is 6.42 Å². The smallest absolute Gasteiger partial charge is 0.213 e. The van der Waals surface area contributed by atoms with Crippen molar-refractivity contribution >= 4 is 0 Å². The van der Waals surface area contributed by atoms with E-state index in [1.165, 1.54) is 17.2 Å². The fourth-order valence-corrected chi connectivity index (χ4v) is 1.97. The number of aromatic nitrogens is 1. The van der Waals surface area contributed by atoms with Gasteiger partial charge in [0.15, 0.2) is 0 Å². The van der Waals surface area contributed by atoms with Crippen molar-refractivity contribution in [1.82, 2.24) is 4.98 Å². The Morgan fingerprint density at radius 2 is 1.86 bits per heavy atom. The van der Waals surface area contributed by atoms with Gasteiger partial charge >= 0.3 is 0 Å². The Kier molecular flexibility index (Phi) is 1.45. The van der Waals surface area contributed by atoms with E-state index in [4.69, 9.17) is 0 Å². The molecule has 0 spiro atoms. The lowest BCUT2D eigenvalue weighted by molar-refractivity contribution is 0.579. The quantitative estimate of drug-likeness (QED) is 0.491. The van der Waals surface area contributed by atoms with Gasteiger partial charge in [0.1, 0.15) is 0 Å². The molecule has 0 saturated carbocycles. The van der Waals surface area contributed by atoms with Crippen LogP contribution in [0.1, 0.15) is 11.3 Å². The molecule has 0 unspecified atom stereocenters. The van der Waals surface area contributed by atoms with E-state index >= 15 is 0 Å². The van der Waals surface area contributed by atoms with E-state index in [0.717, 1.165) is 17.7 Å². The van der Waals surface area contributed by atoms with Gasteiger partial charge in [-0.2, -0.15) is 4.39 Å². The van der Waals surface area contributed by atoms with E-state index in [2.05, 4.69) is 17.1 Å². The van der Waals surface area contributed by atoms with Gasteiger partial charge in [0.2, 0.25) is 5.95 Å². The second kappa shape index (κ2) is 2.64. The Hall–Kier alpha value is -1.70. The molecule has 14 heavy (non-hydrogen) atoms. The monoisotopic (exact) mass is 185 g/mol. The van der Waals surface area contributed by atoms with Crippen LogP contribution in [0.3, 0.4) is 0 Å². The van der Waals surface area contributed by atoms with Crippen molar-refractivity contribution < 1.29 is 4.39 Å². The average molecular weight is 185 g/mol. The van der Waals surface area contributed by atoms with Crippen LogP contribution in [0.5, 0.6) is 0 Å². The van der Waals surface area contributed by atoms with Gasteiger partial charge in [0.25, 0.3) is 0 Å². The van der Waals surface area contributed by atoms with E-state index in [-0.39, 0.29) is 0 Å². The minimum atomic E-state index is -0.392. The van der Waals surface area contributed by atoms with Crippen LogP contribution in [-0.4, -0.2) is 4.98 Å². The number of nitrogens with zero attached hydrogens (tertiary/aromatic N) is 1. The second-order valence-corrected chi connectivity index (χ2v) is 3.46. The summed E-state index contributed by atoms with van der Waals surface area (Å²) in [6.07, 6.45) is 0.753. The third-order valence-corrected chi connectivity index (χ3v) is 2.61. The SMILES string of the molecule is Fc1ccc2c(n1)Cc1ccccc1-2. The Labute approximate surface area is 81.2 Å². The van der Waals surface area contributed by atoms with Crippen LogP contribution in [0.4, 0.5) is 4.39 Å². The number of halogens is 1. The molecule has 0 atom stereocenters. The predicted molar refractivity (Wildman–Crippen MR) is 52.4 cm³/mol. The summed E-state index contributed by atoms with van der Waals surface area (Å²) in [7, 11) is 0. The Morgan fingerprint density at radius 1 is 1.00 bits per heavy atom. The van der Waals surface area contributed by atoms with Gasteiger partial charge in [-0.25, -0.2) is 4.98 Å². The summed E-state index contributed by atoms with van der Waals surface area (Å²) in [4.78, 5) is 3.90. The minimum Gasteiger partial charge on any atom is -0.224 e. The normalized spacial score (nSPS) is 12.4. The number of benzene rings is 1. The van der Waals surface area contributed by atoms with Crippen LogP contribution in [0.2, 0.25) is 0 Å². The van der Waals surface area contributed by atoms with Crippen LogP contribution in [0.15, 0.2) is 36.4 Å². The molecule has 0 saturated heterocycles. The molecule has 1 heterocycles. The number of pyridine rings is 1. The molecule has 1 aromatic heterocycles. The first-order valence-electron chi connectivity index (χ1n) is 4.58. The molecule has 0 radical (unpaired) electrons. The Balaban J connectivity index is 2.27. The molecule has 1 aromatic carbocycles. The van der Waals surface area contributed by atoms with E-state index < -0.39 is 5.95 Å². The highest BCUT2D eigenvalue weighted by Gasteiger charge is 2.18. The van der Waals surface area contributed by atoms with Crippen LogP contribution in [0, 0.1) is 5.95 Å². The Morgan fingerprint density at radius 3 is 2.79 bits per heavy atom. The average Bonchev–Trinajstić information content (AvgIpc) is 2.54. The maximum Gasteiger partial charge on any atom is 0.213 e. The number of hydrogen-bond acceptors (Lipinski definition) is 1. The third kappa shape index (κ3) is 0.970. The lowest BCUT2D eigenvalue weighted by atomic mass is 10.1. The lowest BCUT2D eigenvalue weighted by Gasteiger charge is -1.98. The fourth-order valence-electron chi connectivity index (χ4n) is 1.97. The molecule has 1 aliphatic carbocycles. The van der Waals surface area contributed by atoms with Gasteiger partial charge in [0.05, 0.1) is 5.69 Å². The molecule has 2 heteroatoms. The molecular weight excluding hydrogens is 177 g/mol. The van der Waals surface area contributed by atoms with Crippen LogP contribution in [-0.2, 0) is 6.42 Å². The van der Waals surface area contributed by atoms with Crippen LogP contribution in [0.25, 0.3) is 11.1 Å². The van der Waals surface area contributed by atoms with Gasteiger partial charge in [-0.1, -0.05) is 24.3 Å². The maximum atomic E-state index is 12.9. The summed E-state index contributed by atoms with van der Waals surface area (Å²) in [6.45, 7) is 0. The minimum absolute atomic E-state index is 0.392. The molecule has 3 rings (SSSR count). The molecule has 0 amide bonds. The molecular formula is C12H8FN. The largest absolute Gasteiger partial charge is 0.224 e. The van der Waals surface area contributed by atoms with Crippen molar-refractivity contribution in [3.8, 4) is 11.1 Å². The summed E-state index contributed by atoms with van der Waals surface area (Å²) in [6, 6.07) is 11.3. The highest BCUT2D eigenvalue weighted by molar-refractivity contribution is 5.74. The zero-order valence-electron chi connectivity index (χ0n) is 7.50. The van der Waals surface area contributed by atoms with E-state index in [1.807, 2.05) is 18.2 Å². The predicted octanol–water partition coefficient (Wildman–Crippen LogP) is 2.79. The zero-order valence-corrected chi connectivity index (χ0v) is 7.50. The molecule has 0 aliphatic heterocycles. The highest BCUT2D eigenvalue weighted by atomic mass is 19.1. The summed E-state index contributed by atoms with van der Waals surface area (Å²) < 4.78 is 12.9. The first-order chi connectivity index (χ1) is 6.84. The van der Waals surface area contributed by atoms with Crippen molar-refractivity contribution in [3.63, 3.8) is 0 Å². The zero-order chi connectivity index (χ0) is 9.54. The summed E-state index contributed by atoms with van der Waals surface area (Å²) >= 11 is 0. The number of fused-ring (bicyclic) bond motifs is 3. The van der Waals surface area contributed by atoms with Crippen molar-refractivity contribution in [3.05, 3.63) is 53.6 Å².